The van der Waals surface area contributed by atoms with Crippen LogP contribution in [0.3, 0.4) is 0 Å². The van der Waals surface area contributed by atoms with Crippen LogP contribution in [0, 0.1) is 11.8 Å². The van der Waals surface area contributed by atoms with Crippen molar-refractivity contribution in [1.29, 1.82) is 0 Å². The average Bonchev–Trinajstić information content (AvgIpc) is 3.06. The van der Waals surface area contributed by atoms with Crippen molar-refractivity contribution < 1.29 is 48.0 Å². The first kappa shape index (κ1) is 38.3. The highest BCUT2D eigenvalue weighted by Crippen LogP contribution is 2.31. The first-order chi connectivity index (χ1) is 22.8. The van der Waals surface area contributed by atoms with E-state index >= 15 is 0 Å². The van der Waals surface area contributed by atoms with E-state index in [1.165, 1.54) is 40.5 Å². The van der Waals surface area contributed by atoms with E-state index in [-0.39, 0.29) is 40.5 Å². The molecule has 2 bridgehead atoms. The van der Waals surface area contributed by atoms with Crippen molar-refractivity contribution in [3.63, 3.8) is 0 Å². The lowest BCUT2D eigenvalue weighted by Gasteiger charge is -2.30. The molecule has 3 aliphatic rings. The molecule has 2 amide bonds. The van der Waals surface area contributed by atoms with Crippen LogP contribution in [0.25, 0.3) is 0 Å². The fourth-order valence-electron chi connectivity index (χ4n) is 5.80. The largest absolute Gasteiger partial charge is 0.492 e. The van der Waals surface area contributed by atoms with E-state index < -0.39 is 53.9 Å². The van der Waals surface area contributed by atoms with Crippen LogP contribution in [-0.2, 0) is 38.1 Å². The Kier molecular flexibility index (Phi) is 14.3. The number of hydrogen-bond acceptors (Lipinski definition) is 12. The Labute approximate surface area is 281 Å². The second-order valence-corrected chi connectivity index (χ2v) is 12.1. The number of aliphatic hydroxyl groups excluding tert-OH is 1. The van der Waals surface area contributed by atoms with Crippen molar-refractivity contribution in [2.75, 3.05) is 47.6 Å². The normalized spacial score (nSPS) is 28.8. The maximum atomic E-state index is 14.1. The molecular weight excluding hydrogens is 624 g/mol. The third kappa shape index (κ3) is 9.72. The summed E-state index contributed by atoms with van der Waals surface area (Å²) in [5.74, 6) is -2.70. The molecule has 14 heteroatoms. The summed E-state index contributed by atoms with van der Waals surface area (Å²) in [4.78, 5) is 53.2. The Hall–Kier alpha value is -4.11. The van der Waals surface area contributed by atoms with E-state index in [4.69, 9.17) is 29.4 Å². The number of nitrogens with one attached hydrogen (secondary N) is 1. The van der Waals surface area contributed by atoms with Crippen LogP contribution in [0.15, 0.2) is 63.2 Å². The van der Waals surface area contributed by atoms with Gasteiger partial charge in [-0.1, -0.05) is 38.2 Å². The molecule has 6 unspecified atom stereocenters. The van der Waals surface area contributed by atoms with Crippen LogP contribution in [0.1, 0.15) is 40.5 Å². The molecule has 0 radical (unpaired) electrons. The predicted octanol–water partition coefficient (Wildman–Crippen LogP) is 2.10. The molecule has 2 aliphatic heterocycles. The number of nitrogens with zero attached hydrogens (tertiary/aromatic N) is 2. The van der Waals surface area contributed by atoms with Crippen molar-refractivity contribution in [2.45, 2.75) is 65.0 Å². The number of methoxy groups -OCH3 is 3. The van der Waals surface area contributed by atoms with Gasteiger partial charge in [-0.25, -0.2) is 4.79 Å². The topological polar surface area (TPSA) is 188 Å². The number of fused-ring (bicyclic) bond motifs is 2. The monoisotopic (exact) mass is 672 g/mol. The van der Waals surface area contributed by atoms with Gasteiger partial charge in [0.25, 0.3) is 5.91 Å². The van der Waals surface area contributed by atoms with Gasteiger partial charge in [-0.05, 0) is 38.2 Å². The van der Waals surface area contributed by atoms with E-state index in [2.05, 4.69) is 10.4 Å². The molecule has 0 saturated carbocycles. The fourth-order valence-corrected chi connectivity index (χ4v) is 5.80. The van der Waals surface area contributed by atoms with Crippen LogP contribution in [0.5, 0.6) is 0 Å². The molecule has 48 heavy (non-hydrogen) atoms. The Morgan fingerprint density at radius 2 is 1.79 bits per heavy atom. The number of rotatable bonds is 6. The highest BCUT2D eigenvalue weighted by atomic mass is 16.6. The molecule has 0 aromatic heterocycles. The number of amides is 2. The number of allylic oxidation sites excluding steroid dienone is 4. The van der Waals surface area contributed by atoms with Gasteiger partial charge in [-0.3, -0.25) is 19.4 Å². The number of Topliss-reactive ketones (excluding diaryl/α,β-unsaturated/α-hetero) is 2. The van der Waals surface area contributed by atoms with Gasteiger partial charge in [0.15, 0.2) is 11.9 Å². The van der Waals surface area contributed by atoms with Crippen molar-refractivity contribution in [2.24, 2.45) is 22.7 Å². The zero-order chi connectivity index (χ0) is 35.5. The summed E-state index contributed by atoms with van der Waals surface area (Å²) in [5, 5.41) is 20.1. The van der Waals surface area contributed by atoms with Gasteiger partial charge < -0.3 is 39.8 Å². The van der Waals surface area contributed by atoms with E-state index in [1.807, 2.05) is 6.92 Å². The maximum Gasteiger partial charge on any atom is 0.405 e. The van der Waals surface area contributed by atoms with Crippen molar-refractivity contribution in [3.8, 4) is 0 Å². The summed E-state index contributed by atoms with van der Waals surface area (Å²) in [5.41, 5.74) is 5.91. The Balaban J connectivity index is 2.15. The molecule has 4 N–H and O–H groups in total. The average molecular weight is 673 g/mol. The molecule has 6 atom stereocenters. The molecule has 2 heterocycles. The van der Waals surface area contributed by atoms with Crippen molar-refractivity contribution in [1.82, 2.24) is 10.3 Å². The second-order valence-electron chi connectivity index (χ2n) is 12.1. The fraction of sp³-hybridized carbons (Fsp3) is 0.559. The number of hydrogen-bond donors (Lipinski definition) is 3. The summed E-state index contributed by atoms with van der Waals surface area (Å²) in [6.45, 7) is 8.82. The van der Waals surface area contributed by atoms with Crippen molar-refractivity contribution >= 4 is 29.8 Å². The summed E-state index contributed by atoms with van der Waals surface area (Å²) < 4.78 is 27.5. The summed E-state index contributed by atoms with van der Waals surface area (Å²) in [6, 6.07) is 0. The predicted molar refractivity (Wildman–Crippen MR) is 176 cm³/mol. The number of primary amides is 1. The number of carbonyl (C=O) groups excluding carboxylic acids is 4. The number of carbonyl (C=O) groups is 4. The standard InChI is InChI=1S/C34H48N4O10/c1-19-15-23-29(40)27(24(30(41)32(23)46-7)18-36-38-11-13-47-14-12-38)37-33(42)20(2)9-8-10-25(44-5)31(48-34(35)43)22(4)17-21(3)28(39)26(16-19)45-6/h8-10,17-19,21,25-26,28,31,39H,11-16H2,1-7H3,(H2,35,43)(H,37,42). The lowest BCUT2D eigenvalue weighted by molar-refractivity contribution is -0.121. The van der Waals surface area contributed by atoms with E-state index in [0.29, 0.717) is 38.3 Å². The number of ether oxygens (including phenoxy) is 5. The molecule has 0 aromatic carbocycles. The molecule has 14 nitrogen and oxygen atoms in total. The summed E-state index contributed by atoms with van der Waals surface area (Å²) in [7, 11) is 4.22. The minimum atomic E-state index is -1.01. The Morgan fingerprint density at radius 3 is 2.40 bits per heavy atom. The summed E-state index contributed by atoms with van der Waals surface area (Å²) >= 11 is 0. The smallest absolute Gasteiger partial charge is 0.405 e. The second kappa shape index (κ2) is 17.9. The van der Waals surface area contributed by atoms with Gasteiger partial charge in [-0.2, -0.15) is 5.10 Å². The first-order valence-corrected chi connectivity index (χ1v) is 15.8. The van der Waals surface area contributed by atoms with Gasteiger partial charge in [0.05, 0.1) is 57.4 Å². The van der Waals surface area contributed by atoms with Gasteiger partial charge in [0, 0.05) is 31.3 Å². The number of hydrazone groups is 1. The van der Waals surface area contributed by atoms with Gasteiger partial charge >= 0.3 is 6.09 Å². The quantitative estimate of drug-likeness (QED) is 0.213. The first-order valence-electron chi connectivity index (χ1n) is 15.8. The van der Waals surface area contributed by atoms with Crippen LogP contribution in [0.2, 0.25) is 0 Å². The maximum absolute atomic E-state index is 14.1. The van der Waals surface area contributed by atoms with Crippen LogP contribution < -0.4 is 11.1 Å². The van der Waals surface area contributed by atoms with Crippen molar-refractivity contribution in [3.05, 3.63) is 58.1 Å². The number of ketones is 2. The van der Waals surface area contributed by atoms with E-state index in [9.17, 15) is 24.3 Å². The number of aliphatic hydroxyl groups is 1. The molecule has 1 fully saturated rings. The number of nitrogens with two attached hydrogens (primary N) is 1. The highest BCUT2D eigenvalue weighted by Gasteiger charge is 2.38. The zero-order valence-electron chi connectivity index (χ0n) is 28.7. The lowest BCUT2D eigenvalue weighted by atomic mass is 9.84. The molecule has 1 saturated heterocycles. The summed E-state index contributed by atoms with van der Waals surface area (Å²) in [6.07, 6.45) is 3.60. The molecular formula is C34H48N4O10. The van der Waals surface area contributed by atoms with Crippen LogP contribution >= 0.6 is 0 Å². The lowest BCUT2D eigenvalue weighted by Crippen LogP contribution is -2.38. The zero-order valence-corrected chi connectivity index (χ0v) is 28.7. The molecule has 3 rings (SSSR count). The minimum absolute atomic E-state index is 0.0933. The highest BCUT2D eigenvalue weighted by molar-refractivity contribution is 6.32. The third-order valence-electron chi connectivity index (χ3n) is 8.48. The minimum Gasteiger partial charge on any atom is -0.492 e. The Morgan fingerprint density at radius 1 is 1.10 bits per heavy atom. The number of morpholine rings is 1. The van der Waals surface area contributed by atoms with E-state index in [1.54, 1.807) is 37.1 Å². The molecule has 0 spiro atoms. The van der Waals surface area contributed by atoms with Gasteiger partial charge in [0.1, 0.15) is 11.8 Å². The third-order valence-corrected chi connectivity index (χ3v) is 8.48. The molecule has 0 aromatic rings. The van der Waals surface area contributed by atoms with Gasteiger partial charge in [-0.15, -0.1) is 0 Å². The van der Waals surface area contributed by atoms with Crippen LogP contribution in [0.4, 0.5) is 4.79 Å². The Bertz CT molecular complexity index is 1410. The van der Waals surface area contributed by atoms with Crippen LogP contribution in [-0.4, -0.2) is 112 Å². The SMILES string of the molecule is COC1=C2CC(C)CC(OC)C(O)C(C)C=C(C)C(OC(N)=O)C(OC)C=CC=C(C)C(=O)NC(=C(C=NN3CCOCC3)C1=O)C2=O. The van der Waals surface area contributed by atoms with E-state index in [0.717, 1.165) is 0 Å². The molecule has 1 aliphatic carbocycles. The van der Waals surface area contributed by atoms with Gasteiger partial charge in [0.2, 0.25) is 11.6 Å². The molecule has 264 valence electrons.